The summed E-state index contributed by atoms with van der Waals surface area (Å²) in [5, 5.41) is 25.9. The molecule has 4 aromatic carbocycles. The Morgan fingerprint density at radius 1 is 0.548 bits per heavy atom. The van der Waals surface area contributed by atoms with Crippen molar-refractivity contribution in [2.45, 2.75) is 54.6 Å². The van der Waals surface area contributed by atoms with E-state index < -0.39 is 7.12 Å². The summed E-state index contributed by atoms with van der Waals surface area (Å²) in [6.45, 7) is 14.4. The number of halogens is 1. The van der Waals surface area contributed by atoms with E-state index >= 15 is 0 Å². The first-order chi connectivity index (χ1) is 30.0. The van der Waals surface area contributed by atoms with E-state index in [0.717, 1.165) is 63.1 Å². The van der Waals surface area contributed by atoms with Gasteiger partial charge in [0.05, 0.1) is 15.9 Å². The number of aromatic nitrogens is 6. The van der Waals surface area contributed by atoms with Gasteiger partial charge in [-0.1, -0.05) is 109 Å². The second-order valence-electron chi connectivity index (χ2n) is 14.3. The highest BCUT2D eigenvalue weighted by Crippen LogP contribution is 2.27. The van der Waals surface area contributed by atoms with Crippen LogP contribution < -0.4 is 27.2 Å². The Bertz CT molecular complexity index is 2890. The van der Waals surface area contributed by atoms with Crippen molar-refractivity contribution in [1.29, 1.82) is 0 Å². The molecule has 8 rings (SSSR count). The summed E-state index contributed by atoms with van der Waals surface area (Å²) in [7, 11) is -1.39. The van der Waals surface area contributed by atoms with Crippen molar-refractivity contribution in [3.63, 3.8) is 0 Å². The number of hydrogen-bond donors (Lipinski definition) is 4. The molecule has 0 unspecified atom stereocenters. The minimum absolute atomic E-state index is 0.0343. The number of nitrogens with zero attached hydrogens (tertiary/aromatic N) is 6. The van der Waals surface area contributed by atoms with Crippen LogP contribution in [0.3, 0.4) is 0 Å². The zero-order chi connectivity index (χ0) is 44.3. The molecule has 0 aliphatic carbocycles. The largest absolute Gasteiger partial charge is 0.488 e. The molecular formula is C48H50BBrN8O4. The first-order valence-electron chi connectivity index (χ1n) is 20.6. The van der Waals surface area contributed by atoms with Crippen molar-refractivity contribution in [2.75, 3.05) is 23.7 Å². The van der Waals surface area contributed by atoms with E-state index in [9.17, 15) is 9.59 Å². The van der Waals surface area contributed by atoms with Crippen molar-refractivity contribution in [3.05, 3.63) is 158 Å². The van der Waals surface area contributed by atoms with Crippen molar-refractivity contribution in [3.8, 4) is 33.4 Å². The summed E-state index contributed by atoms with van der Waals surface area (Å²) >= 11 is 3.29. The van der Waals surface area contributed by atoms with Crippen LogP contribution in [0.15, 0.2) is 135 Å². The summed E-state index contributed by atoms with van der Waals surface area (Å²) in [5.74, 6) is 1.12. The summed E-state index contributed by atoms with van der Waals surface area (Å²) < 4.78 is 3.92. The average Bonchev–Trinajstić information content (AvgIpc) is 3.28. The number of pyridine rings is 2. The molecule has 4 N–H and O–H groups in total. The zero-order valence-electron chi connectivity index (χ0n) is 35.7. The molecule has 0 radical (unpaired) electrons. The lowest BCUT2D eigenvalue weighted by molar-refractivity contribution is 0.426. The standard InChI is InChI=1S/C24H24N4O.C12H11BO2.C12H15BrN4O/c1-4-25-24-26-16(3)20-15-21(23(29)28(5-2)22(20)27-24)19-13-11-18(12-14-19)17-9-7-6-8-10-17;14-13(15)12-8-6-11(7-9-12)10-4-2-1-3-5-10;1-4-14-12-15-7(3)8-6-9(13)11(18)17(5-2)10(8)16-12/h6-15H,4-5H2,1-3H3,(H,25,26,27);1-9,14-15H;6H,4-5H2,1-3H3,(H,14,15,16). The molecule has 316 valence electrons. The number of anilines is 2. The molecule has 0 saturated carbocycles. The number of hydrogen-bond acceptors (Lipinski definition) is 10. The predicted molar refractivity (Wildman–Crippen MR) is 257 cm³/mol. The van der Waals surface area contributed by atoms with Gasteiger partial charge in [0.15, 0.2) is 0 Å². The number of rotatable bonds is 10. The Morgan fingerprint density at radius 2 is 0.952 bits per heavy atom. The Morgan fingerprint density at radius 3 is 1.39 bits per heavy atom. The van der Waals surface area contributed by atoms with Crippen LogP contribution in [0.2, 0.25) is 0 Å². The summed E-state index contributed by atoms with van der Waals surface area (Å²) in [4.78, 5) is 43.2. The molecule has 0 spiro atoms. The van der Waals surface area contributed by atoms with Crippen molar-refractivity contribution < 1.29 is 10.0 Å². The number of nitrogens with one attached hydrogen (secondary N) is 2. The Kier molecular flexibility index (Phi) is 15.2. The van der Waals surface area contributed by atoms with Crippen molar-refractivity contribution in [1.82, 2.24) is 29.1 Å². The van der Waals surface area contributed by atoms with Gasteiger partial charge in [-0.2, -0.15) is 9.97 Å². The molecule has 0 atom stereocenters. The predicted octanol–water partition coefficient (Wildman–Crippen LogP) is 8.23. The van der Waals surface area contributed by atoms with E-state index in [2.05, 4.69) is 70.8 Å². The maximum absolute atomic E-state index is 13.2. The number of aryl methyl sites for hydroxylation is 4. The van der Waals surface area contributed by atoms with Gasteiger partial charge in [-0.05, 0) is 103 Å². The average molecular weight is 894 g/mol. The van der Waals surface area contributed by atoms with Gasteiger partial charge in [0.25, 0.3) is 11.1 Å². The minimum atomic E-state index is -1.39. The molecule has 12 nitrogen and oxygen atoms in total. The fourth-order valence-electron chi connectivity index (χ4n) is 6.96. The molecule has 62 heavy (non-hydrogen) atoms. The fourth-order valence-corrected chi connectivity index (χ4v) is 7.41. The zero-order valence-corrected chi connectivity index (χ0v) is 37.3. The summed E-state index contributed by atoms with van der Waals surface area (Å²) in [6.07, 6.45) is 0. The van der Waals surface area contributed by atoms with Crippen LogP contribution in [-0.4, -0.2) is 59.3 Å². The van der Waals surface area contributed by atoms with Crippen LogP contribution in [0, 0.1) is 13.8 Å². The van der Waals surface area contributed by atoms with Gasteiger partial charge in [-0.3, -0.25) is 18.7 Å². The first-order valence-corrected chi connectivity index (χ1v) is 21.4. The first kappa shape index (κ1) is 45.1. The number of fused-ring (bicyclic) bond motifs is 2. The summed E-state index contributed by atoms with van der Waals surface area (Å²) in [6, 6.07) is 39.2. The molecule has 0 aliphatic rings. The van der Waals surface area contributed by atoms with Crippen LogP contribution in [0.4, 0.5) is 11.9 Å². The molecule has 4 heterocycles. The van der Waals surface area contributed by atoms with E-state index in [4.69, 9.17) is 10.0 Å². The molecule has 8 aromatic rings. The van der Waals surface area contributed by atoms with Crippen LogP contribution >= 0.6 is 15.9 Å². The Hall–Kier alpha value is -6.48. The third-order valence-electron chi connectivity index (χ3n) is 10.1. The van der Waals surface area contributed by atoms with Gasteiger partial charge in [0.1, 0.15) is 11.3 Å². The van der Waals surface area contributed by atoms with Gasteiger partial charge >= 0.3 is 7.12 Å². The molecule has 0 aliphatic heterocycles. The molecule has 0 bridgehead atoms. The molecule has 0 fully saturated rings. The smallest absolute Gasteiger partial charge is 0.423 e. The van der Waals surface area contributed by atoms with E-state index in [1.807, 2.05) is 120 Å². The van der Waals surface area contributed by atoms with E-state index in [0.29, 0.717) is 51.8 Å². The molecule has 0 amide bonds. The third kappa shape index (κ3) is 10.3. The maximum atomic E-state index is 13.2. The highest BCUT2D eigenvalue weighted by Gasteiger charge is 2.16. The van der Waals surface area contributed by atoms with Gasteiger partial charge in [-0.25, -0.2) is 9.97 Å². The summed E-state index contributed by atoms with van der Waals surface area (Å²) in [5.41, 5.74) is 9.51. The van der Waals surface area contributed by atoms with Crippen molar-refractivity contribution >= 4 is 62.5 Å². The molecule has 4 aromatic heterocycles. The second-order valence-corrected chi connectivity index (χ2v) is 15.1. The second kappa shape index (κ2) is 20.9. The van der Waals surface area contributed by atoms with Gasteiger partial charge in [0, 0.05) is 42.5 Å². The molecular weight excluding hydrogens is 843 g/mol. The van der Waals surface area contributed by atoms with Gasteiger partial charge in [-0.15, -0.1) is 0 Å². The lowest BCUT2D eigenvalue weighted by Crippen LogP contribution is -2.29. The highest BCUT2D eigenvalue weighted by molar-refractivity contribution is 9.10. The Balaban J connectivity index is 0.000000167. The maximum Gasteiger partial charge on any atom is 0.488 e. The van der Waals surface area contributed by atoms with Crippen LogP contribution in [0.1, 0.15) is 39.1 Å². The van der Waals surface area contributed by atoms with Crippen molar-refractivity contribution in [2.24, 2.45) is 0 Å². The minimum Gasteiger partial charge on any atom is -0.423 e. The van der Waals surface area contributed by atoms with Gasteiger partial charge in [0.2, 0.25) is 11.9 Å². The SMILES string of the molecule is CCNc1nc(C)c2cc(-c3ccc(-c4ccccc4)cc3)c(=O)n(CC)c2n1.CCNc1nc(C)c2cc(Br)c(=O)n(CC)c2n1.OB(O)c1ccc(-c2ccccc2)cc1. The lowest BCUT2D eigenvalue weighted by Gasteiger charge is -2.14. The fraction of sp³-hybridized carbons (Fsp3) is 0.208. The number of benzene rings is 4. The molecule has 0 saturated heterocycles. The van der Waals surface area contributed by atoms with Gasteiger partial charge < -0.3 is 20.7 Å². The van der Waals surface area contributed by atoms with Crippen LogP contribution in [0.25, 0.3) is 55.4 Å². The normalized spacial score (nSPS) is 10.7. The van der Waals surface area contributed by atoms with E-state index in [-0.39, 0.29) is 11.1 Å². The third-order valence-corrected chi connectivity index (χ3v) is 10.7. The van der Waals surface area contributed by atoms with Crippen LogP contribution in [0.5, 0.6) is 0 Å². The quantitative estimate of drug-likeness (QED) is 0.0986. The lowest BCUT2D eigenvalue weighted by atomic mass is 9.80. The van der Waals surface area contributed by atoms with E-state index in [1.54, 1.807) is 27.3 Å². The van der Waals surface area contributed by atoms with Crippen LogP contribution in [-0.2, 0) is 13.1 Å². The topological polar surface area (TPSA) is 160 Å². The highest BCUT2D eigenvalue weighted by atomic mass is 79.9. The van der Waals surface area contributed by atoms with E-state index in [1.165, 1.54) is 0 Å². The monoisotopic (exact) mass is 892 g/mol. The Labute approximate surface area is 369 Å². The molecule has 14 heteroatoms.